The minimum absolute atomic E-state index is 0.0513. The quantitative estimate of drug-likeness (QED) is 0.795. The van der Waals surface area contributed by atoms with Gasteiger partial charge in [0.25, 0.3) is 0 Å². The molecular weight excluding hydrogens is 260 g/mol. The van der Waals surface area contributed by atoms with Crippen molar-refractivity contribution in [3.8, 4) is 22.6 Å². The van der Waals surface area contributed by atoms with Gasteiger partial charge >= 0.3 is 5.97 Å². The Kier molecular flexibility index (Phi) is 3.91. The van der Waals surface area contributed by atoms with Gasteiger partial charge in [-0.3, -0.25) is 0 Å². The number of rotatable bonds is 4. The Morgan fingerprint density at radius 3 is 2.50 bits per heavy atom. The van der Waals surface area contributed by atoms with E-state index in [1.165, 1.54) is 19.2 Å². The fourth-order valence-electron chi connectivity index (χ4n) is 1.99. The van der Waals surface area contributed by atoms with Gasteiger partial charge in [0.1, 0.15) is 0 Å². The van der Waals surface area contributed by atoms with Crippen molar-refractivity contribution in [3.63, 3.8) is 0 Å². The average Bonchev–Trinajstić information content (AvgIpc) is 2.46. The number of ether oxygens (including phenoxy) is 1. The highest BCUT2D eigenvalue weighted by Crippen LogP contribution is 2.34. The molecule has 0 fully saturated rings. The van der Waals surface area contributed by atoms with Crippen LogP contribution < -0.4 is 4.74 Å². The van der Waals surface area contributed by atoms with Gasteiger partial charge in [0, 0.05) is 0 Å². The summed E-state index contributed by atoms with van der Waals surface area (Å²) in [6.07, 6.45) is -1.62. The van der Waals surface area contributed by atoms with Crippen LogP contribution >= 0.6 is 0 Å². The predicted molar refractivity (Wildman–Crippen MR) is 72.7 cm³/mol. The Balaban J connectivity index is 2.53. The van der Waals surface area contributed by atoms with Crippen molar-refractivity contribution in [2.45, 2.75) is 6.10 Å². The number of carboxylic acid groups (broad SMARTS) is 1. The number of phenols is 1. The molecule has 5 heteroatoms. The van der Waals surface area contributed by atoms with E-state index in [1.54, 1.807) is 30.3 Å². The lowest BCUT2D eigenvalue weighted by Crippen LogP contribution is -2.11. The number of aliphatic hydroxyl groups excluding tert-OH is 1. The molecule has 0 spiro atoms. The van der Waals surface area contributed by atoms with Crippen molar-refractivity contribution < 1.29 is 24.9 Å². The molecule has 104 valence electrons. The van der Waals surface area contributed by atoms with Crippen LogP contribution in [0.1, 0.15) is 11.7 Å². The largest absolute Gasteiger partial charge is 0.504 e. The SMILES string of the molecule is COc1ccc(-c2ccccc2C(O)C(=O)O)cc1O. The Bertz CT molecular complexity index is 636. The van der Waals surface area contributed by atoms with Gasteiger partial charge in [-0.25, -0.2) is 4.79 Å². The monoisotopic (exact) mass is 274 g/mol. The van der Waals surface area contributed by atoms with Crippen molar-refractivity contribution >= 4 is 5.97 Å². The lowest BCUT2D eigenvalue weighted by Gasteiger charge is -2.13. The highest BCUT2D eigenvalue weighted by Gasteiger charge is 2.20. The second-order valence-electron chi connectivity index (χ2n) is 4.21. The van der Waals surface area contributed by atoms with Crippen molar-refractivity contribution in [1.29, 1.82) is 0 Å². The highest BCUT2D eigenvalue weighted by molar-refractivity contribution is 5.80. The molecule has 2 rings (SSSR count). The number of hydrogen-bond acceptors (Lipinski definition) is 4. The molecule has 0 aliphatic rings. The molecular formula is C15H14O5. The molecule has 0 radical (unpaired) electrons. The number of hydrogen-bond donors (Lipinski definition) is 3. The van der Waals surface area contributed by atoms with E-state index in [4.69, 9.17) is 9.84 Å². The molecule has 1 atom stereocenters. The molecule has 0 saturated heterocycles. The standard InChI is InChI=1S/C15H14O5/c1-20-13-7-6-9(8-12(13)16)10-4-2-3-5-11(10)14(17)15(18)19/h2-8,14,16-17H,1H3,(H,18,19). The fourth-order valence-corrected chi connectivity index (χ4v) is 1.99. The van der Waals surface area contributed by atoms with Crippen LogP contribution in [0.25, 0.3) is 11.1 Å². The van der Waals surface area contributed by atoms with Crippen LogP contribution in [0.5, 0.6) is 11.5 Å². The van der Waals surface area contributed by atoms with Crippen molar-refractivity contribution in [2.24, 2.45) is 0 Å². The molecule has 3 N–H and O–H groups in total. The number of aliphatic hydroxyl groups is 1. The van der Waals surface area contributed by atoms with Crippen molar-refractivity contribution in [2.75, 3.05) is 7.11 Å². The molecule has 0 aliphatic carbocycles. The second-order valence-corrected chi connectivity index (χ2v) is 4.21. The summed E-state index contributed by atoms with van der Waals surface area (Å²) in [5.74, 6) is -1.05. The zero-order chi connectivity index (χ0) is 14.7. The summed E-state index contributed by atoms with van der Waals surface area (Å²) in [5, 5.41) is 28.4. The number of aliphatic carboxylic acids is 1. The van der Waals surface area contributed by atoms with Gasteiger partial charge < -0.3 is 20.1 Å². The zero-order valence-corrected chi connectivity index (χ0v) is 10.8. The Morgan fingerprint density at radius 2 is 1.90 bits per heavy atom. The number of carboxylic acids is 1. The van der Waals surface area contributed by atoms with Crippen LogP contribution in [0.4, 0.5) is 0 Å². The van der Waals surface area contributed by atoms with Gasteiger partial charge in [0.05, 0.1) is 7.11 Å². The summed E-state index contributed by atoms with van der Waals surface area (Å²) in [5.41, 5.74) is 1.41. The first kappa shape index (κ1) is 13.9. The maximum Gasteiger partial charge on any atom is 0.337 e. The van der Waals surface area contributed by atoms with E-state index < -0.39 is 12.1 Å². The number of benzene rings is 2. The molecule has 0 saturated carbocycles. The summed E-state index contributed by atoms with van der Waals surface area (Å²) >= 11 is 0. The summed E-state index contributed by atoms with van der Waals surface area (Å²) in [6.45, 7) is 0. The lowest BCUT2D eigenvalue weighted by molar-refractivity contribution is -0.146. The van der Waals surface area contributed by atoms with E-state index in [-0.39, 0.29) is 11.3 Å². The fraction of sp³-hybridized carbons (Fsp3) is 0.133. The number of phenolic OH excluding ortho intramolecular Hbond substituents is 1. The highest BCUT2D eigenvalue weighted by atomic mass is 16.5. The molecule has 5 nitrogen and oxygen atoms in total. The van der Waals surface area contributed by atoms with E-state index in [1.807, 2.05) is 0 Å². The molecule has 1 unspecified atom stereocenters. The normalized spacial score (nSPS) is 11.9. The Morgan fingerprint density at radius 1 is 1.20 bits per heavy atom. The molecule has 0 aromatic heterocycles. The zero-order valence-electron chi connectivity index (χ0n) is 10.8. The van der Waals surface area contributed by atoms with Crippen LogP contribution in [0.15, 0.2) is 42.5 Å². The lowest BCUT2D eigenvalue weighted by atomic mass is 9.96. The van der Waals surface area contributed by atoms with Gasteiger partial charge in [-0.2, -0.15) is 0 Å². The summed E-state index contributed by atoms with van der Waals surface area (Å²) in [7, 11) is 1.44. The summed E-state index contributed by atoms with van der Waals surface area (Å²) in [6, 6.07) is 11.3. The number of aromatic hydroxyl groups is 1. The molecule has 2 aromatic rings. The number of carbonyl (C=O) groups is 1. The predicted octanol–water partition coefficient (Wildman–Crippen LogP) is 2.19. The smallest absolute Gasteiger partial charge is 0.337 e. The van der Waals surface area contributed by atoms with Crippen LogP contribution in [-0.2, 0) is 4.79 Å². The van der Waals surface area contributed by atoms with Gasteiger partial charge in [0.2, 0.25) is 0 Å². The van der Waals surface area contributed by atoms with Gasteiger partial charge in [-0.05, 0) is 28.8 Å². The summed E-state index contributed by atoms with van der Waals surface area (Å²) in [4.78, 5) is 10.9. The van der Waals surface area contributed by atoms with E-state index in [0.29, 0.717) is 16.9 Å². The third-order valence-electron chi connectivity index (χ3n) is 2.98. The number of methoxy groups -OCH3 is 1. The molecule has 2 aromatic carbocycles. The van der Waals surface area contributed by atoms with E-state index >= 15 is 0 Å². The van der Waals surface area contributed by atoms with Gasteiger partial charge in [-0.15, -0.1) is 0 Å². The maximum atomic E-state index is 10.9. The van der Waals surface area contributed by atoms with Crippen LogP contribution in [0.3, 0.4) is 0 Å². The summed E-state index contributed by atoms with van der Waals surface area (Å²) < 4.78 is 4.96. The van der Waals surface area contributed by atoms with E-state index in [0.717, 1.165) is 0 Å². The first-order valence-electron chi connectivity index (χ1n) is 5.91. The Hall–Kier alpha value is -2.53. The van der Waals surface area contributed by atoms with Crippen molar-refractivity contribution in [3.05, 3.63) is 48.0 Å². The molecule has 0 amide bonds. The minimum atomic E-state index is -1.62. The third kappa shape index (κ3) is 2.57. The minimum Gasteiger partial charge on any atom is -0.504 e. The van der Waals surface area contributed by atoms with E-state index in [9.17, 15) is 15.0 Å². The van der Waals surface area contributed by atoms with Gasteiger partial charge in [0.15, 0.2) is 17.6 Å². The maximum absolute atomic E-state index is 10.9. The molecule has 20 heavy (non-hydrogen) atoms. The molecule has 0 aliphatic heterocycles. The van der Waals surface area contributed by atoms with Gasteiger partial charge in [-0.1, -0.05) is 30.3 Å². The second kappa shape index (κ2) is 5.63. The third-order valence-corrected chi connectivity index (χ3v) is 2.98. The molecule has 0 bridgehead atoms. The van der Waals surface area contributed by atoms with E-state index in [2.05, 4.69) is 0 Å². The molecule has 0 heterocycles. The Labute approximate surface area is 115 Å². The average molecular weight is 274 g/mol. The first-order chi connectivity index (χ1) is 9.54. The van der Waals surface area contributed by atoms with Crippen LogP contribution in [-0.4, -0.2) is 28.4 Å². The topological polar surface area (TPSA) is 87.0 Å². The first-order valence-corrected chi connectivity index (χ1v) is 5.91. The van der Waals surface area contributed by atoms with Crippen LogP contribution in [0.2, 0.25) is 0 Å². The van der Waals surface area contributed by atoms with Crippen molar-refractivity contribution in [1.82, 2.24) is 0 Å². The van der Waals surface area contributed by atoms with Crippen LogP contribution in [0, 0.1) is 0 Å².